The fraction of sp³-hybridized carbons (Fsp3) is 0.0980. The summed E-state index contributed by atoms with van der Waals surface area (Å²) in [4.78, 5) is 0. The summed E-state index contributed by atoms with van der Waals surface area (Å²) in [6.45, 7) is 4.84. The second kappa shape index (κ2) is 11.1. The van der Waals surface area contributed by atoms with Crippen molar-refractivity contribution in [2.45, 2.75) is 31.6 Å². The molecule has 0 aliphatic heterocycles. The van der Waals surface area contributed by atoms with Crippen LogP contribution in [0.5, 0.6) is 0 Å². The lowest BCUT2D eigenvalue weighted by Crippen LogP contribution is -2.15. The fourth-order valence-electron chi connectivity index (χ4n) is 9.71. The van der Waals surface area contributed by atoms with Crippen molar-refractivity contribution in [2.24, 2.45) is 0 Å². The van der Waals surface area contributed by atoms with Crippen molar-refractivity contribution >= 4 is 69.4 Å². The predicted molar refractivity (Wildman–Crippen MR) is 226 cm³/mol. The number of benzene rings is 8. The van der Waals surface area contributed by atoms with Crippen molar-refractivity contribution in [1.29, 1.82) is 0 Å². The molecule has 0 nitrogen and oxygen atoms in total. The summed E-state index contributed by atoms with van der Waals surface area (Å²) in [5.41, 5.74) is 12.2. The zero-order chi connectivity index (χ0) is 34.6. The normalized spacial score (nSPS) is 16.2. The Morgan fingerprint density at radius 2 is 1.19 bits per heavy atom. The Hall–Kier alpha value is -5.76. The summed E-state index contributed by atoms with van der Waals surface area (Å²) in [5.74, 6) is 0.365. The SMILES string of the molecule is CC1(C)c2ccc(-c3c4ccccc4c(C4=CC=CC(c5ccccc5)C4)c4ccccc34)cc2-c2ccc3c(ccc4sc5ccccc5c43)c21. The Kier molecular flexibility index (Phi) is 6.40. The molecule has 11 rings (SSSR count). The molecule has 2 aliphatic rings. The average Bonchev–Trinajstić information content (AvgIpc) is 3.69. The van der Waals surface area contributed by atoms with Gasteiger partial charge in [0, 0.05) is 31.5 Å². The minimum absolute atomic E-state index is 0.119. The quantitative estimate of drug-likeness (QED) is 0.163. The third-order valence-electron chi connectivity index (χ3n) is 12.0. The molecular formula is C51H36S. The highest BCUT2D eigenvalue weighted by Gasteiger charge is 2.37. The molecule has 1 heteroatoms. The summed E-state index contributed by atoms with van der Waals surface area (Å²) in [6, 6.07) is 54.8. The van der Waals surface area contributed by atoms with Crippen LogP contribution in [0, 0.1) is 0 Å². The third-order valence-corrected chi connectivity index (χ3v) is 13.1. The van der Waals surface area contributed by atoms with Gasteiger partial charge in [0.15, 0.2) is 0 Å². The van der Waals surface area contributed by atoms with Gasteiger partial charge in [-0.25, -0.2) is 0 Å². The van der Waals surface area contributed by atoms with E-state index in [0.29, 0.717) is 5.92 Å². The van der Waals surface area contributed by atoms with Gasteiger partial charge < -0.3 is 0 Å². The zero-order valence-electron chi connectivity index (χ0n) is 29.3. The first kappa shape index (κ1) is 29.9. The molecule has 1 aromatic heterocycles. The summed E-state index contributed by atoms with van der Waals surface area (Å²) in [5, 5.41) is 10.8. The van der Waals surface area contributed by atoms with Crippen LogP contribution in [0.25, 0.3) is 80.3 Å². The monoisotopic (exact) mass is 680 g/mol. The zero-order valence-corrected chi connectivity index (χ0v) is 30.1. The third kappa shape index (κ3) is 4.21. The second-order valence-corrected chi connectivity index (χ2v) is 16.2. The molecule has 9 aromatic rings. The minimum atomic E-state index is -0.119. The van der Waals surface area contributed by atoms with Gasteiger partial charge in [0.05, 0.1) is 0 Å². The Labute approximate surface area is 308 Å². The van der Waals surface area contributed by atoms with Gasteiger partial charge >= 0.3 is 0 Å². The van der Waals surface area contributed by atoms with E-state index in [9.17, 15) is 0 Å². The maximum Gasteiger partial charge on any atom is 0.0361 e. The lowest BCUT2D eigenvalue weighted by Gasteiger charge is -2.24. The Balaban J connectivity index is 1.12. The van der Waals surface area contributed by atoms with Crippen LogP contribution in [-0.4, -0.2) is 0 Å². The first-order chi connectivity index (χ1) is 25.6. The van der Waals surface area contributed by atoms with Crippen LogP contribution >= 0.6 is 11.3 Å². The maximum absolute atomic E-state index is 2.50. The van der Waals surface area contributed by atoms with Gasteiger partial charge in [-0.15, -0.1) is 11.3 Å². The molecule has 0 fully saturated rings. The summed E-state index contributed by atoms with van der Waals surface area (Å²) < 4.78 is 2.72. The van der Waals surface area contributed by atoms with Gasteiger partial charge in [-0.05, 0) is 107 Å². The van der Waals surface area contributed by atoms with E-state index in [-0.39, 0.29) is 5.41 Å². The molecule has 8 aromatic carbocycles. The van der Waals surface area contributed by atoms with Crippen molar-refractivity contribution in [3.05, 3.63) is 186 Å². The van der Waals surface area contributed by atoms with Crippen LogP contribution in [0.15, 0.2) is 164 Å². The highest BCUT2D eigenvalue weighted by atomic mass is 32.1. The number of hydrogen-bond acceptors (Lipinski definition) is 1. The average molecular weight is 681 g/mol. The molecule has 0 radical (unpaired) electrons. The van der Waals surface area contributed by atoms with Gasteiger partial charge in [-0.1, -0.05) is 159 Å². The number of rotatable bonds is 3. The standard InChI is InChI=1S/C51H36S/c1-51(2)44-27-23-34(30-43(44)41-25-24-39-40(50(41)51)26-28-46-49(39)42-21-10-11-22-45(42)52-46)48-37-19-8-6-17-35(37)47(36-18-7-9-20-38(36)48)33-16-12-15-32(29-33)31-13-4-3-5-14-31/h3-28,30,32H,29H2,1-2H3. The van der Waals surface area contributed by atoms with E-state index in [1.807, 2.05) is 11.3 Å². The molecular weight excluding hydrogens is 645 g/mol. The van der Waals surface area contributed by atoms with E-state index in [1.165, 1.54) is 103 Å². The fourth-order valence-corrected chi connectivity index (χ4v) is 10.8. The molecule has 246 valence electrons. The predicted octanol–water partition coefficient (Wildman–Crippen LogP) is 14.6. The Bertz CT molecular complexity index is 2950. The molecule has 0 saturated carbocycles. The summed E-state index contributed by atoms with van der Waals surface area (Å²) in [6.07, 6.45) is 7.96. The van der Waals surface area contributed by atoms with Crippen LogP contribution in [-0.2, 0) is 5.41 Å². The smallest absolute Gasteiger partial charge is 0.0361 e. The lowest BCUT2D eigenvalue weighted by molar-refractivity contribution is 0.666. The molecule has 52 heavy (non-hydrogen) atoms. The van der Waals surface area contributed by atoms with Crippen molar-refractivity contribution in [1.82, 2.24) is 0 Å². The van der Waals surface area contributed by atoms with Crippen molar-refractivity contribution < 1.29 is 0 Å². The van der Waals surface area contributed by atoms with Gasteiger partial charge in [-0.2, -0.15) is 0 Å². The highest BCUT2D eigenvalue weighted by Crippen LogP contribution is 2.54. The van der Waals surface area contributed by atoms with Crippen LogP contribution in [0.1, 0.15) is 48.4 Å². The topological polar surface area (TPSA) is 0 Å². The van der Waals surface area contributed by atoms with E-state index < -0.39 is 0 Å². The van der Waals surface area contributed by atoms with E-state index in [0.717, 1.165) is 6.42 Å². The first-order valence-electron chi connectivity index (χ1n) is 18.4. The van der Waals surface area contributed by atoms with Gasteiger partial charge in [-0.3, -0.25) is 0 Å². The summed E-state index contributed by atoms with van der Waals surface area (Å²) in [7, 11) is 0. The Morgan fingerprint density at radius 1 is 0.538 bits per heavy atom. The van der Waals surface area contributed by atoms with Crippen LogP contribution in [0.4, 0.5) is 0 Å². The van der Waals surface area contributed by atoms with Crippen molar-refractivity contribution in [3.63, 3.8) is 0 Å². The van der Waals surface area contributed by atoms with Crippen molar-refractivity contribution in [2.75, 3.05) is 0 Å². The number of fused-ring (bicyclic) bond motifs is 11. The van der Waals surface area contributed by atoms with Crippen molar-refractivity contribution in [3.8, 4) is 22.3 Å². The molecule has 1 unspecified atom stereocenters. The Morgan fingerprint density at radius 3 is 1.94 bits per heavy atom. The summed E-state index contributed by atoms with van der Waals surface area (Å²) >= 11 is 1.90. The van der Waals surface area contributed by atoms with E-state index in [1.54, 1.807) is 0 Å². The lowest BCUT2D eigenvalue weighted by atomic mass is 9.79. The maximum atomic E-state index is 2.50. The number of allylic oxidation sites excluding steroid dienone is 4. The molecule has 0 amide bonds. The molecule has 0 spiro atoms. The molecule has 0 N–H and O–H groups in total. The minimum Gasteiger partial charge on any atom is -0.135 e. The van der Waals surface area contributed by atoms with E-state index >= 15 is 0 Å². The van der Waals surface area contributed by atoms with Crippen LogP contribution in [0.3, 0.4) is 0 Å². The molecule has 0 saturated heterocycles. The first-order valence-corrected chi connectivity index (χ1v) is 19.3. The van der Waals surface area contributed by atoms with Gasteiger partial charge in [0.2, 0.25) is 0 Å². The van der Waals surface area contributed by atoms with E-state index in [2.05, 4.69) is 178 Å². The number of hydrogen-bond donors (Lipinski definition) is 0. The molecule has 1 atom stereocenters. The van der Waals surface area contributed by atoms with E-state index in [4.69, 9.17) is 0 Å². The number of thiophene rings is 1. The van der Waals surface area contributed by atoms with Crippen LogP contribution < -0.4 is 0 Å². The highest BCUT2D eigenvalue weighted by molar-refractivity contribution is 7.26. The molecule has 1 heterocycles. The molecule has 2 aliphatic carbocycles. The van der Waals surface area contributed by atoms with Gasteiger partial charge in [0.1, 0.15) is 0 Å². The largest absolute Gasteiger partial charge is 0.135 e. The molecule has 0 bridgehead atoms. The van der Waals surface area contributed by atoms with Gasteiger partial charge in [0.25, 0.3) is 0 Å². The van der Waals surface area contributed by atoms with Crippen LogP contribution in [0.2, 0.25) is 0 Å². The second-order valence-electron chi connectivity index (χ2n) is 15.1.